The lowest BCUT2D eigenvalue weighted by Gasteiger charge is -2.37. The van der Waals surface area contributed by atoms with E-state index in [1.54, 1.807) is 0 Å². The first-order chi connectivity index (χ1) is 11.7. The van der Waals surface area contributed by atoms with Crippen molar-refractivity contribution in [2.45, 2.75) is 38.5 Å². The highest BCUT2D eigenvalue weighted by Gasteiger charge is 2.29. The minimum absolute atomic E-state index is 0.228. The molecule has 2 amide bonds. The highest BCUT2D eigenvalue weighted by molar-refractivity contribution is 5.80. The molecule has 2 heterocycles. The van der Waals surface area contributed by atoms with Gasteiger partial charge in [-0.05, 0) is 12.8 Å². The first kappa shape index (κ1) is 17.7. The van der Waals surface area contributed by atoms with Crippen LogP contribution < -0.4 is 0 Å². The first-order valence-corrected chi connectivity index (χ1v) is 9.61. The highest BCUT2D eigenvalue weighted by Crippen LogP contribution is 2.25. The molecule has 1 saturated carbocycles. The summed E-state index contributed by atoms with van der Waals surface area (Å²) in [5.74, 6) is 0.795. The third-order valence-corrected chi connectivity index (χ3v) is 5.64. The van der Waals surface area contributed by atoms with Crippen molar-refractivity contribution in [1.29, 1.82) is 0 Å². The van der Waals surface area contributed by atoms with E-state index in [1.165, 1.54) is 19.3 Å². The van der Waals surface area contributed by atoms with E-state index in [0.717, 1.165) is 45.7 Å². The maximum atomic E-state index is 12.6. The molecule has 0 aromatic rings. The van der Waals surface area contributed by atoms with Gasteiger partial charge in [0.05, 0.1) is 13.2 Å². The molecule has 1 aliphatic carbocycles. The minimum atomic E-state index is 0.228. The van der Waals surface area contributed by atoms with Gasteiger partial charge in [-0.3, -0.25) is 14.5 Å². The normalized spacial score (nSPS) is 24.2. The Morgan fingerprint density at radius 3 is 2.12 bits per heavy atom. The molecule has 24 heavy (non-hydrogen) atoms. The van der Waals surface area contributed by atoms with Gasteiger partial charge in [-0.25, -0.2) is 0 Å². The summed E-state index contributed by atoms with van der Waals surface area (Å²) in [6, 6.07) is 0. The average molecular weight is 337 g/mol. The Morgan fingerprint density at radius 2 is 1.46 bits per heavy atom. The minimum Gasteiger partial charge on any atom is -0.379 e. The lowest BCUT2D eigenvalue weighted by Crippen LogP contribution is -2.52. The fraction of sp³-hybridized carbons (Fsp3) is 0.889. The molecular formula is C18H31N3O3. The predicted molar refractivity (Wildman–Crippen MR) is 91.6 cm³/mol. The number of hydrogen-bond acceptors (Lipinski definition) is 4. The van der Waals surface area contributed by atoms with Gasteiger partial charge in [-0.15, -0.1) is 0 Å². The molecule has 3 aliphatic rings. The lowest BCUT2D eigenvalue weighted by molar-refractivity contribution is -0.143. The van der Waals surface area contributed by atoms with Crippen molar-refractivity contribution in [1.82, 2.24) is 14.7 Å². The van der Waals surface area contributed by atoms with Crippen LogP contribution in [0.1, 0.15) is 38.5 Å². The van der Waals surface area contributed by atoms with Crippen LogP contribution in [-0.4, -0.2) is 85.5 Å². The van der Waals surface area contributed by atoms with Gasteiger partial charge >= 0.3 is 0 Å². The molecule has 0 aromatic heterocycles. The summed E-state index contributed by atoms with van der Waals surface area (Å²) in [6.07, 6.45) is 6.34. The second kappa shape index (κ2) is 8.81. The number of nitrogens with zero attached hydrogens (tertiary/aromatic N) is 3. The Bertz CT molecular complexity index is 423. The molecule has 2 saturated heterocycles. The average Bonchev–Trinajstić information content (AvgIpc) is 2.67. The zero-order chi connectivity index (χ0) is 16.8. The zero-order valence-corrected chi connectivity index (χ0v) is 14.8. The van der Waals surface area contributed by atoms with E-state index in [4.69, 9.17) is 4.74 Å². The van der Waals surface area contributed by atoms with Gasteiger partial charge in [0.15, 0.2) is 0 Å². The summed E-state index contributed by atoms with van der Waals surface area (Å²) in [4.78, 5) is 31.2. The van der Waals surface area contributed by atoms with Crippen LogP contribution in [0.3, 0.4) is 0 Å². The third kappa shape index (κ3) is 4.70. The van der Waals surface area contributed by atoms with Crippen molar-refractivity contribution in [3.8, 4) is 0 Å². The van der Waals surface area contributed by atoms with Gasteiger partial charge in [0, 0.05) is 58.2 Å². The number of carbonyl (C=O) groups is 2. The van der Waals surface area contributed by atoms with Crippen LogP contribution in [0.25, 0.3) is 0 Å². The molecule has 0 bridgehead atoms. The van der Waals surface area contributed by atoms with Gasteiger partial charge in [0.1, 0.15) is 0 Å². The number of carbonyl (C=O) groups excluding carboxylic acids is 2. The molecule has 0 radical (unpaired) electrons. The van der Waals surface area contributed by atoms with Crippen molar-refractivity contribution in [2.24, 2.45) is 5.92 Å². The van der Waals surface area contributed by atoms with E-state index in [1.807, 2.05) is 9.80 Å². The van der Waals surface area contributed by atoms with Crippen LogP contribution >= 0.6 is 0 Å². The number of rotatable bonds is 4. The fourth-order valence-corrected chi connectivity index (χ4v) is 4.02. The summed E-state index contributed by atoms with van der Waals surface area (Å²) in [5, 5.41) is 0. The van der Waals surface area contributed by atoms with Gasteiger partial charge in [-0.2, -0.15) is 0 Å². The Hall–Kier alpha value is -1.14. The highest BCUT2D eigenvalue weighted by atomic mass is 16.5. The maximum absolute atomic E-state index is 12.6. The second-order valence-corrected chi connectivity index (χ2v) is 7.25. The van der Waals surface area contributed by atoms with Gasteiger partial charge in [0.2, 0.25) is 11.8 Å². The lowest BCUT2D eigenvalue weighted by atomic mass is 9.88. The van der Waals surface area contributed by atoms with E-state index in [0.29, 0.717) is 38.5 Å². The van der Waals surface area contributed by atoms with Crippen LogP contribution in [0.15, 0.2) is 0 Å². The topological polar surface area (TPSA) is 53.1 Å². The summed E-state index contributed by atoms with van der Waals surface area (Å²) >= 11 is 0. The van der Waals surface area contributed by atoms with Crippen molar-refractivity contribution in [3.63, 3.8) is 0 Å². The second-order valence-electron chi connectivity index (χ2n) is 7.25. The van der Waals surface area contributed by atoms with E-state index < -0.39 is 0 Å². The molecule has 0 N–H and O–H groups in total. The van der Waals surface area contributed by atoms with Crippen LogP contribution in [0.4, 0.5) is 0 Å². The monoisotopic (exact) mass is 337 g/mol. The SMILES string of the molecule is O=C(CCN1CCOCC1)N1CCN(C(=O)C2CCCCC2)CC1. The van der Waals surface area contributed by atoms with Crippen LogP contribution in [0.5, 0.6) is 0 Å². The third-order valence-electron chi connectivity index (χ3n) is 5.64. The number of hydrogen-bond donors (Lipinski definition) is 0. The van der Waals surface area contributed by atoms with E-state index in [-0.39, 0.29) is 11.8 Å². The standard InChI is InChI=1S/C18H31N3O3/c22-17(6-7-19-12-14-24-15-13-19)20-8-10-21(11-9-20)18(23)16-4-2-1-3-5-16/h16H,1-15H2. The summed E-state index contributed by atoms with van der Waals surface area (Å²) < 4.78 is 5.33. The smallest absolute Gasteiger partial charge is 0.225 e. The summed E-state index contributed by atoms with van der Waals surface area (Å²) in [7, 11) is 0. The molecule has 6 nitrogen and oxygen atoms in total. The van der Waals surface area contributed by atoms with Gasteiger partial charge in [0.25, 0.3) is 0 Å². The predicted octanol–water partition coefficient (Wildman–Crippen LogP) is 0.960. The molecule has 0 atom stereocenters. The molecule has 2 aliphatic heterocycles. The Labute approximate surface area is 145 Å². The molecule has 3 fully saturated rings. The number of ether oxygens (including phenoxy) is 1. The number of morpholine rings is 1. The Morgan fingerprint density at radius 1 is 0.833 bits per heavy atom. The van der Waals surface area contributed by atoms with E-state index in [9.17, 15) is 9.59 Å². The molecular weight excluding hydrogens is 306 g/mol. The first-order valence-electron chi connectivity index (χ1n) is 9.61. The largest absolute Gasteiger partial charge is 0.379 e. The van der Waals surface area contributed by atoms with Crippen molar-refractivity contribution in [3.05, 3.63) is 0 Å². The Balaban J connectivity index is 1.37. The van der Waals surface area contributed by atoms with Crippen molar-refractivity contribution >= 4 is 11.8 Å². The quantitative estimate of drug-likeness (QED) is 0.767. The van der Waals surface area contributed by atoms with Gasteiger partial charge in [-0.1, -0.05) is 19.3 Å². The molecule has 0 unspecified atom stereocenters. The van der Waals surface area contributed by atoms with E-state index in [2.05, 4.69) is 4.90 Å². The van der Waals surface area contributed by atoms with Crippen molar-refractivity contribution in [2.75, 3.05) is 59.0 Å². The summed E-state index contributed by atoms with van der Waals surface area (Å²) in [5.41, 5.74) is 0. The van der Waals surface area contributed by atoms with Crippen LogP contribution in [-0.2, 0) is 14.3 Å². The molecule has 0 aromatic carbocycles. The molecule has 136 valence electrons. The zero-order valence-electron chi connectivity index (χ0n) is 14.8. The van der Waals surface area contributed by atoms with Crippen LogP contribution in [0, 0.1) is 5.92 Å². The van der Waals surface area contributed by atoms with E-state index >= 15 is 0 Å². The van der Waals surface area contributed by atoms with Gasteiger partial charge < -0.3 is 14.5 Å². The fourth-order valence-electron chi connectivity index (χ4n) is 4.02. The molecule has 6 heteroatoms. The Kier molecular flexibility index (Phi) is 6.49. The van der Waals surface area contributed by atoms with Crippen LogP contribution in [0.2, 0.25) is 0 Å². The number of amides is 2. The summed E-state index contributed by atoms with van der Waals surface area (Å²) in [6.45, 7) is 7.03. The number of piperazine rings is 1. The molecule has 0 spiro atoms. The van der Waals surface area contributed by atoms with Crippen molar-refractivity contribution < 1.29 is 14.3 Å². The molecule has 3 rings (SSSR count). The maximum Gasteiger partial charge on any atom is 0.225 e.